The summed E-state index contributed by atoms with van der Waals surface area (Å²) < 4.78 is 7.46. The van der Waals surface area contributed by atoms with E-state index in [1.165, 1.54) is 0 Å². The second-order valence-electron chi connectivity index (χ2n) is 3.84. The molecule has 0 bridgehead atoms. The van der Waals surface area contributed by atoms with Crippen molar-refractivity contribution in [2.45, 2.75) is 20.3 Å². The summed E-state index contributed by atoms with van der Waals surface area (Å²) in [4.78, 5) is 0. The van der Waals surface area contributed by atoms with Crippen LogP contribution in [0, 0.1) is 5.92 Å². The van der Waals surface area contributed by atoms with Gasteiger partial charge in [-0.25, -0.2) is 0 Å². The van der Waals surface area contributed by atoms with Crippen molar-refractivity contribution in [2.75, 3.05) is 12.3 Å². The average molecular weight is 337 g/mol. The van der Waals surface area contributed by atoms with Gasteiger partial charge in [-0.2, -0.15) is 0 Å². The largest absolute Gasteiger partial charge is 0.491 e. The van der Waals surface area contributed by atoms with E-state index in [4.69, 9.17) is 10.5 Å². The van der Waals surface area contributed by atoms with Crippen LogP contribution in [0.5, 0.6) is 5.75 Å². The van der Waals surface area contributed by atoms with Gasteiger partial charge in [-0.15, -0.1) is 0 Å². The van der Waals surface area contributed by atoms with E-state index in [1.54, 1.807) is 0 Å². The Bertz CT molecular complexity index is 316. The first-order chi connectivity index (χ1) is 7.00. The molecular formula is C11H15Br2NO. The summed E-state index contributed by atoms with van der Waals surface area (Å²) in [6, 6.07) is 3.69. The van der Waals surface area contributed by atoms with Crippen LogP contribution in [0.15, 0.2) is 21.1 Å². The van der Waals surface area contributed by atoms with Crippen LogP contribution in [0.3, 0.4) is 0 Å². The third-order valence-corrected chi connectivity index (χ3v) is 3.14. The molecule has 0 atom stereocenters. The molecule has 15 heavy (non-hydrogen) atoms. The maximum absolute atomic E-state index is 5.69. The highest BCUT2D eigenvalue weighted by molar-refractivity contribution is 9.11. The Kier molecular flexibility index (Phi) is 4.93. The minimum Gasteiger partial charge on any atom is -0.491 e. The maximum atomic E-state index is 5.69. The number of nitrogens with two attached hydrogens (primary N) is 1. The predicted octanol–water partition coefficient (Wildman–Crippen LogP) is 4.22. The summed E-state index contributed by atoms with van der Waals surface area (Å²) in [7, 11) is 0. The molecule has 0 spiro atoms. The first-order valence-electron chi connectivity index (χ1n) is 4.88. The number of hydrogen-bond donors (Lipinski definition) is 1. The van der Waals surface area contributed by atoms with Crippen LogP contribution in [0.2, 0.25) is 0 Å². The first kappa shape index (κ1) is 12.8. The topological polar surface area (TPSA) is 35.2 Å². The molecule has 4 heteroatoms. The number of nitrogen functional groups attached to an aromatic ring is 1. The van der Waals surface area contributed by atoms with Gasteiger partial charge in [-0.3, -0.25) is 0 Å². The van der Waals surface area contributed by atoms with Crippen LogP contribution < -0.4 is 10.5 Å². The maximum Gasteiger partial charge on any atom is 0.147 e. The smallest absolute Gasteiger partial charge is 0.147 e. The van der Waals surface area contributed by atoms with Crippen molar-refractivity contribution in [3.05, 3.63) is 21.1 Å². The fourth-order valence-corrected chi connectivity index (χ4v) is 2.56. The molecule has 1 rings (SSSR count). The van der Waals surface area contributed by atoms with Crippen LogP contribution >= 0.6 is 31.9 Å². The number of halogens is 2. The fourth-order valence-electron chi connectivity index (χ4n) is 1.11. The number of hydrogen-bond acceptors (Lipinski definition) is 2. The molecule has 0 radical (unpaired) electrons. The predicted molar refractivity (Wildman–Crippen MR) is 71.2 cm³/mol. The molecule has 84 valence electrons. The van der Waals surface area contributed by atoms with Crippen LogP contribution in [-0.4, -0.2) is 6.61 Å². The second kappa shape index (κ2) is 5.75. The van der Waals surface area contributed by atoms with Crippen LogP contribution in [0.25, 0.3) is 0 Å². The summed E-state index contributed by atoms with van der Waals surface area (Å²) in [6.45, 7) is 5.08. The lowest BCUT2D eigenvalue weighted by molar-refractivity contribution is 0.286. The van der Waals surface area contributed by atoms with Crippen LogP contribution in [0.1, 0.15) is 20.3 Å². The van der Waals surface area contributed by atoms with Crippen LogP contribution in [-0.2, 0) is 0 Å². The Morgan fingerprint density at radius 2 is 1.80 bits per heavy atom. The molecule has 0 aromatic heterocycles. The molecule has 0 aliphatic carbocycles. The molecule has 2 nitrogen and oxygen atoms in total. The number of benzene rings is 1. The molecule has 0 aliphatic rings. The molecule has 1 aromatic carbocycles. The van der Waals surface area contributed by atoms with Crippen molar-refractivity contribution in [1.82, 2.24) is 0 Å². The molecule has 0 saturated carbocycles. The van der Waals surface area contributed by atoms with Gasteiger partial charge in [0.15, 0.2) is 0 Å². The van der Waals surface area contributed by atoms with Crippen molar-refractivity contribution >= 4 is 37.5 Å². The molecular weight excluding hydrogens is 322 g/mol. The molecule has 1 aromatic rings. The van der Waals surface area contributed by atoms with Crippen molar-refractivity contribution < 1.29 is 4.74 Å². The van der Waals surface area contributed by atoms with Crippen molar-refractivity contribution in [3.63, 3.8) is 0 Å². The highest BCUT2D eigenvalue weighted by Gasteiger charge is 2.07. The van der Waals surface area contributed by atoms with E-state index in [0.29, 0.717) is 11.6 Å². The minimum absolute atomic E-state index is 0.649. The van der Waals surface area contributed by atoms with Gasteiger partial charge in [0.25, 0.3) is 0 Å². The average Bonchev–Trinajstić information content (AvgIpc) is 2.08. The molecule has 0 aliphatic heterocycles. The molecule has 0 saturated heterocycles. The van der Waals surface area contributed by atoms with Gasteiger partial charge in [-0.1, -0.05) is 13.8 Å². The monoisotopic (exact) mass is 335 g/mol. The van der Waals surface area contributed by atoms with Gasteiger partial charge in [-0.05, 0) is 56.3 Å². The summed E-state index contributed by atoms with van der Waals surface area (Å²) in [6.07, 6.45) is 1.04. The number of ether oxygens (including phenoxy) is 1. The van der Waals surface area contributed by atoms with Gasteiger partial charge >= 0.3 is 0 Å². The van der Waals surface area contributed by atoms with Gasteiger partial charge in [0.2, 0.25) is 0 Å². The minimum atomic E-state index is 0.649. The highest BCUT2D eigenvalue weighted by Crippen LogP contribution is 2.35. The number of rotatable bonds is 4. The Morgan fingerprint density at radius 1 is 1.27 bits per heavy atom. The van der Waals surface area contributed by atoms with Gasteiger partial charge < -0.3 is 10.5 Å². The Balaban J connectivity index is 2.68. The van der Waals surface area contributed by atoms with Gasteiger partial charge in [0, 0.05) is 5.69 Å². The van der Waals surface area contributed by atoms with Gasteiger partial charge in [0.1, 0.15) is 5.75 Å². The first-order valence-corrected chi connectivity index (χ1v) is 6.46. The molecule has 0 amide bonds. The van der Waals surface area contributed by atoms with E-state index in [-0.39, 0.29) is 0 Å². The molecule has 2 N–H and O–H groups in total. The summed E-state index contributed by atoms with van der Waals surface area (Å²) in [5.74, 6) is 1.47. The zero-order chi connectivity index (χ0) is 11.4. The van der Waals surface area contributed by atoms with Crippen LogP contribution in [0.4, 0.5) is 5.69 Å². The molecule has 0 heterocycles. The van der Waals surface area contributed by atoms with E-state index in [0.717, 1.165) is 27.7 Å². The van der Waals surface area contributed by atoms with E-state index >= 15 is 0 Å². The molecule has 0 unspecified atom stereocenters. The van der Waals surface area contributed by atoms with E-state index in [1.807, 2.05) is 12.1 Å². The van der Waals surface area contributed by atoms with Crippen molar-refractivity contribution in [3.8, 4) is 5.75 Å². The van der Waals surface area contributed by atoms with Crippen molar-refractivity contribution in [1.29, 1.82) is 0 Å². The quantitative estimate of drug-likeness (QED) is 0.835. The van der Waals surface area contributed by atoms with E-state index in [9.17, 15) is 0 Å². The Labute approximate surface area is 107 Å². The van der Waals surface area contributed by atoms with Crippen molar-refractivity contribution in [2.24, 2.45) is 5.92 Å². The summed E-state index contributed by atoms with van der Waals surface area (Å²) in [5, 5.41) is 0. The van der Waals surface area contributed by atoms with E-state index < -0.39 is 0 Å². The van der Waals surface area contributed by atoms with Gasteiger partial charge in [0.05, 0.1) is 15.6 Å². The van der Waals surface area contributed by atoms with E-state index in [2.05, 4.69) is 45.7 Å². The molecule has 0 fully saturated rings. The third kappa shape index (κ3) is 4.03. The standard InChI is InChI=1S/C11H15Br2NO/c1-7(2)3-4-15-11-9(12)5-8(14)6-10(11)13/h5-7H,3-4,14H2,1-2H3. The zero-order valence-electron chi connectivity index (χ0n) is 8.89. The Morgan fingerprint density at radius 3 is 2.27 bits per heavy atom. The SMILES string of the molecule is CC(C)CCOc1c(Br)cc(N)cc1Br. The lowest BCUT2D eigenvalue weighted by Gasteiger charge is -2.12. The normalized spacial score (nSPS) is 10.7. The lowest BCUT2D eigenvalue weighted by Crippen LogP contribution is -2.02. The zero-order valence-corrected chi connectivity index (χ0v) is 12.1. The number of anilines is 1. The second-order valence-corrected chi connectivity index (χ2v) is 5.55. The third-order valence-electron chi connectivity index (χ3n) is 1.96. The fraction of sp³-hybridized carbons (Fsp3) is 0.455. The summed E-state index contributed by atoms with van der Waals surface area (Å²) in [5.41, 5.74) is 6.40. The lowest BCUT2D eigenvalue weighted by atomic mass is 10.1. The summed E-state index contributed by atoms with van der Waals surface area (Å²) >= 11 is 6.86. The highest BCUT2D eigenvalue weighted by atomic mass is 79.9. The Hall–Kier alpha value is -0.220.